The van der Waals surface area contributed by atoms with Crippen LogP contribution in [0.1, 0.15) is 53.6 Å². The first kappa shape index (κ1) is 23.9. The fourth-order valence-electron chi connectivity index (χ4n) is 4.60. The summed E-state index contributed by atoms with van der Waals surface area (Å²) < 4.78 is 17.8. The molecule has 1 unspecified atom stereocenters. The Hall–Kier alpha value is -3.77. The van der Waals surface area contributed by atoms with Gasteiger partial charge in [0.05, 0.1) is 30.2 Å². The third kappa shape index (κ3) is 4.11. The zero-order valence-electron chi connectivity index (χ0n) is 20.3. The number of ether oxygens (including phenoxy) is 2. The Kier molecular flexibility index (Phi) is 6.46. The summed E-state index contributed by atoms with van der Waals surface area (Å²) in [5, 5.41) is 0.750. The molecule has 0 aliphatic carbocycles. The van der Waals surface area contributed by atoms with E-state index in [1.165, 1.54) is 0 Å². The number of anilines is 1. The van der Waals surface area contributed by atoms with Crippen LogP contribution in [0, 0.1) is 6.92 Å². The van der Waals surface area contributed by atoms with E-state index in [1.807, 2.05) is 63.2 Å². The summed E-state index contributed by atoms with van der Waals surface area (Å²) in [7, 11) is 0. The van der Waals surface area contributed by atoms with Crippen LogP contribution in [0.3, 0.4) is 0 Å². The van der Waals surface area contributed by atoms with Crippen molar-refractivity contribution in [2.45, 2.75) is 33.2 Å². The lowest BCUT2D eigenvalue weighted by molar-refractivity contribution is 0.0971. The van der Waals surface area contributed by atoms with Crippen LogP contribution in [-0.2, 0) is 0 Å². The third-order valence-corrected chi connectivity index (χ3v) is 6.39. The molecule has 6 nitrogen and oxygen atoms in total. The van der Waals surface area contributed by atoms with Crippen LogP contribution in [0.5, 0.6) is 11.5 Å². The molecular formula is C29H26ClNO5. The lowest BCUT2D eigenvalue weighted by atomic mass is 9.97. The number of fused-ring (bicyclic) bond motifs is 2. The highest BCUT2D eigenvalue weighted by atomic mass is 35.5. The van der Waals surface area contributed by atoms with Crippen molar-refractivity contribution in [1.29, 1.82) is 0 Å². The largest absolute Gasteiger partial charge is 0.490 e. The molecule has 0 radical (unpaired) electrons. The lowest BCUT2D eigenvalue weighted by Crippen LogP contribution is -2.29. The molecule has 1 amide bonds. The number of carbonyl (C=O) groups is 1. The second kappa shape index (κ2) is 9.70. The number of aryl methyl sites for hydroxylation is 1. The molecule has 0 saturated carbocycles. The predicted molar refractivity (Wildman–Crippen MR) is 141 cm³/mol. The molecule has 4 aromatic rings. The van der Waals surface area contributed by atoms with Crippen LogP contribution in [0.2, 0.25) is 5.02 Å². The van der Waals surface area contributed by atoms with E-state index in [-0.39, 0.29) is 22.7 Å². The van der Waals surface area contributed by atoms with Crippen LogP contribution in [0.15, 0.2) is 69.9 Å². The van der Waals surface area contributed by atoms with Crippen molar-refractivity contribution < 1.29 is 18.7 Å². The first-order chi connectivity index (χ1) is 17.4. The minimum absolute atomic E-state index is 0.0330. The van der Waals surface area contributed by atoms with Crippen molar-refractivity contribution in [3.63, 3.8) is 0 Å². The molecule has 2 heterocycles. The summed E-state index contributed by atoms with van der Waals surface area (Å²) in [6.45, 7) is 6.88. The second-order valence-electron chi connectivity index (χ2n) is 8.72. The molecule has 1 aromatic heterocycles. The summed E-state index contributed by atoms with van der Waals surface area (Å²) >= 11 is 6.19. The summed E-state index contributed by atoms with van der Waals surface area (Å²) in [5.41, 5.74) is 2.68. The topological polar surface area (TPSA) is 69.0 Å². The first-order valence-corrected chi connectivity index (χ1v) is 12.4. The standard InChI is InChI=1S/C29H26ClNO5/c1-4-13-35-23-11-9-18(15-24(23)34-5-2)26-25-27(32)21-16-19(30)10-12-22(21)36-28(25)29(33)31(26)20-8-6-7-17(3)14-20/h6-12,14-16,26H,4-5,13H2,1-3H3. The van der Waals surface area contributed by atoms with E-state index >= 15 is 0 Å². The van der Waals surface area contributed by atoms with Crippen LogP contribution in [-0.4, -0.2) is 19.1 Å². The normalized spacial score (nSPS) is 14.8. The maximum atomic E-state index is 13.8. The van der Waals surface area contributed by atoms with E-state index in [9.17, 15) is 9.59 Å². The van der Waals surface area contributed by atoms with Gasteiger partial charge in [-0.15, -0.1) is 0 Å². The number of carbonyl (C=O) groups excluding carboxylic acids is 1. The Labute approximate surface area is 214 Å². The Morgan fingerprint density at radius 1 is 0.972 bits per heavy atom. The highest BCUT2D eigenvalue weighted by Crippen LogP contribution is 2.43. The SMILES string of the molecule is CCCOc1ccc(C2c3c(oc4ccc(Cl)cc4c3=O)C(=O)N2c2cccc(C)c2)cc1OCC. The van der Waals surface area contributed by atoms with E-state index < -0.39 is 6.04 Å². The highest BCUT2D eigenvalue weighted by Gasteiger charge is 2.44. The number of halogens is 1. The van der Waals surface area contributed by atoms with Gasteiger partial charge in [-0.05, 0) is 73.9 Å². The van der Waals surface area contributed by atoms with E-state index in [0.29, 0.717) is 52.0 Å². The minimum Gasteiger partial charge on any atom is -0.490 e. The van der Waals surface area contributed by atoms with Gasteiger partial charge >= 0.3 is 0 Å². The van der Waals surface area contributed by atoms with Gasteiger partial charge in [0.25, 0.3) is 5.91 Å². The smallest absolute Gasteiger partial charge is 0.295 e. The molecule has 1 aliphatic rings. The number of benzene rings is 3. The van der Waals surface area contributed by atoms with Gasteiger partial charge < -0.3 is 13.9 Å². The molecule has 0 spiro atoms. The summed E-state index contributed by atoms with van der Waals surface area (Å²) in [4.78, 5) is 29.2. The molecule has 1 aliphatic heterocycles. The van der Waals surface area contributed by atoms with Crippen molar-refractivity contribution in [2.75, 3.05) is 18.1 Å². The van der Waals surface area contributed by atoms with Gasteiger partial charge in [0.2, 0.25) is 5.76 Å². The summed E-state index contributed by atoms with van der Waals surface area (Å²) in [6.07, 6.45) is 0.857. The molecule has 1 atom stereocenters. The second-order valence-corrected chi connectivity index (χ2v) is 9.16. The van der Waals surface area contributed by atoms with Crippen LogP contribution >= 0.6 is 11.6 Å². The number of hydrogen-bond acceptors (Lipinski definition) is 5. The Balaban J connectivity index is 1.76. The number of hydrogen-bond donors (Lipinski definition) is 0. The highest BCUT2D eigenvalue weighted by molar-refractivity contribution is 6.31. The van der Waals surface area contributed by atoms with Crippen LogP contribution in [0.4, 0.5) is 5.69 Å². The first-order valence-electron chi connectivity index (χ1n) is 12.0. The maximum absolute atomic E-state index is 13.8. The van der Waals surface area contributed by atoms with Crippen molar-refractivity contribution in [1.82, 2.24) is 0 Å². The molecule has 0 N–H and O–H groups in total. The van der Waals surface area contributed by atoms with E-state index in [4.69, 9.17) is 25.5 Å². The molecule has 184 valence electrons. The Morgan fingerprint density at radius 2 is 1.81 bits per heavy atom. The van der Waals surface area contributed by atoms with Crippen molar-refractivity contribution in [3.05, 3.63) is 98.4 Å². The fraction of sp³-hybridized carbons (Fsp3) is 0.241. The summed E-state index contributed by atoms with van der Waals surface area (Å²) in [6, 6.07) is 17.3. The lowest BCUT2D eigenvalue weighted by Gasteiger charge is -2.26. The van der Waals surface area contributed by atoms with Crippen molar-refractivity contribution in [2.24, 2.45) is 0 Å². The number of nitrogens with zero attached hydrogens (tertiary/aromatic N) is 1. The maximum Gasteiger partial charge on any atom is 0.295 e. The Morgan fingerprint density at radius 3 is 2.56 bits per heavy atom. The fourth-order valence-corrected chi connectivity index (χ4v) is 4.77. The molecule has 7 heteroatoms. The van der Waals surface area contributed by atoms with E-state index in [2.05, 4.69) is 0 Å². The predicted octanol–water partition coefficient (Wildman–Crippen LogP) is 6.69. The van der Waals surface area contributed by atoms with E-state index in [0.717, 1.165) is 12.0 Å². The Bertz CT molecular complexity index is 1530. The van der Waals surface area contributed by atoms with Gasteiger partial charge in [0.1, 0.15) is 5.58 Å². The van der Waals surface area contributed by atoms with Gasteiger partial charge in [0.15, 0.2) is 16.9 Å². The molecule has 0 saturated heterocycles. The molecular weight excluding hydrogens is 478 g/mol. The molecule has 36 heavy (non-hydrogen) atoms. The average Bonchev–Trinajstić information content (AvgIpc) is 3.16. The number of amides is 1. The van der Waals surface area contributed by atoms with Crippen molar-refractivity contribution >= 4 is 34.2 Å². The number of rotatable bonds is 7. The monoisotopic (exact) mass is 503 g/mol. The molecule has 0 bridgehead atoms. The van der Waals surface area contributed by atoms with Gasteiger partial charge in [-0.25, -0.2) is 0 Å². The summed E-state index contributed by atoms with van der Waals surface area (Å²) in [5.74, 6) is 0.831. The average molecular weight is 504 g/mol. The zero-order valence-corrected chi connectivity index (χ0v) is 21.1. The quantitative estimate of drug-likeness (QED) is 0.281. The third-order valence-electron chi connectivity index (χ3n) is 6.16. The van der Waals surface area contributed by atoms with Gasteiger partial charge in [-0.1, -0.05) is 36.7 Å². The van der Waals surface area contributed by atoms with Crippen LogP contribution in [0.25, 0.3) is 11.0 Å². The zero-order chi connectivity index (χ0) is 25.4. The van der Waals surface area contributed by atoms with Crippen molar-refractivity contribution in [3.8, 4) is 11.5 Å². The van der Waals surface area contributed by atoms with Gasteiger partial charge in [-0.2, -0.15) is 0 Å². The molecule has 5 rings (SSSR count). The van der Waals surface area contributed by atoms with Crippen LogP contribution < -0.4 is 19.8 Å². The van der Waals surface area contributed by atoms with Gasteiger partial charge in [0, 0.05) is 10.7 Å². The van der Waals surface area contributed by atoms with E-state index in [1.54, 1.807) is 23.1 Å². The minimum atomic E-state index is -0.714. The van der Waals surface area contributed by atoms with Gasteiger partial charge in [-0.3, -0.25) is 14.5 Å². The molecule has 0 fully saturated rings. The molecule has 3 aromatic carbocycles.